The summed E-state index contributed by atoms with van der Waals surface area (Å²) in [7, 11) is 0. The molecule has 8 heteroatoms. The smallest absolute Gasteiger partial charge is 0.224 e. The van der Waals surface area contributed by atoms with E-state index in [-0.39, 0.29) is 36.2 Å². The number of halogens is 1. The van der Waals surface area contributed by atoms with Crippen LogP contribution >= 0.6 is 0 Å². The summed E-state index contributed by atoms with van der Waals surface area (Å²) in [5.41, 5.74) is 2.86. The highest BCUT2D eigenvalue weighted by Gasteiger charge is 2.58. The highest BCUT2D eigenvalue weighted by molar-refractivity contribution is 5.93. The first-order valence-corrected chi connectivity index (χ1v) is 14.8. The summed E-state index contributed by atoms with van der Waals surface area (Å²) < 4.78 is 20.3. The van der Waals surface area contributed by atoms with Gasteiger partial charge in [0.2, 0.25) is 11.8 Å². The summed E-state index contributed by atoms with van der Waals surface area (Å²) in [4.78, 5) is 26.4. The molecule has 2 amide bonds. The summed E-state index contributed by atoms with van der Waals surface area (Å²) >= 11 is 0. The Hall–Kier alpha value is -3.41. The number of carbonyl (C=O) groups excluding carboxylic acids is 2. The molecule has 0 radical (unpaired) electrons. The van der Waals surface area contributed by atoms with Crippen LogP contribution in [0, 0.1) is 35.9 Å². The van der Waals surface area contributed by atoms with Crippen LogP contribution in [0.25, 0.3) is 0 Å². The van der Waals surface area contributed by atoms with Gasteiger partial charge < -0.3 is 25.8 Å². The van der Waals surface area contributed by atoms with Crippen LogP contribution in [0.15, 0.2) is 42.5 Å². The molecule has 0 saturated heterocycles. The second-order valence-electron chi connectivity index (χ2n) is 11.7. The van der Waals surface area contributed by atoms with Crippen LogP contribution in [0.3, 0.4) is 0 Å². The first kappa shape index (κ1) is 29.1. The molecule has 5 atom stereocenters. The standard InChI is InChI=1S/C33H40FN3O4/c1-3-8-26-29-30(26)32(40)37-27(28(38)20-36-33(11-12-33)23-10-7-9-21(4-2)15-23)18-22-16-24(34)19-25(17-22)41-14-6-5-13-35-31(29)39/h1,7,9-10,15-17,19,26-30,36,38H,4-6,8,11-14,18,20H2,2H3,(H,35,39)(H,37,40)/t26?,27-,28+,29?,30?/m0/s1. The first-order valence-electron chi connectivity index (χ1n) is 14.8. The largest absolute Gasteiger partial charge is 0.493 e. The van der Waals surface area contributed by atoms with Crippen molar-refractivity contribution in [1.29, 1.82) is 0 Å². The van der Waals surface area contributed by atoms with E-state index in [0.717, 1.165) is 19.3 Å². The monoisotopic (exact) mass is 561 g/mol. The van der Waals surface area contributed by atoms with Gasteiger partial charge in [0.25, 0.3) is 0 Å². The average Bonchev–Trinajstić information content (AvgIpc) is 3.88. The van der Waals surface area contributed by atoms with Crippen molar-refractivity contribution in [1.82, 2.24) is 16.0 Å². The molecule has 4 N–H and O–H groups in total. The third kappa shape index (κ3) is 6.91. The normalized spacial score (nSPS) is 26.4. The molecule has 2 aromatic carbocycles. The molecular weight excluding hydrogens is 521 g/mol. The Labute approximate surface area is 241 Å². The summed E-state index contributed by atoms with van der Waals surface area (Å²) in [6.45, 7) is 3.21. The number of aliphatic hydroxyl groups is 1. The number of amides is 2. The van der Waals surface area contributed by atoms with E-state index in [9.17, 15) is 19.1 Å². The van der Waals surface area contributed by atoms with Crippen molar-refractivity contribution in [2.24, 2.45) is 17.8 Å². The van der Waals surface area contributed by atoms with Crippen molar-refractivity contribution >= 4 is 11.8 Å². The molecule has 2 saturated carbocycles. The van der Waals surface area contributed by atoms with E-state index in [4.69, 9.17) is 11.2 Å². The molecule has 218 valence electrons. The van der Waals surface area contributed by atoms with Crippen LogP contribution in [0.5, 0.6) is 5.75 Å². The molecule has 7 nitrogen and oxygen atoms in total. The summed E-state index contributed by atoms with van der Waals surface area (Å²) in [5, 5.41) is 20.9. The molecule has 2 aromatic rings. The second-order valence-corrected chi connectivity index (χ2v) is 11.7. The minimum absolute atomic E-state index is 0.172. The lowest BCUT2D eigenvalue weighted by molar-refractivity contribution is -0.128. The quantitative estimate of drug-likeness (QED) is 0.389. The Kier molecular flexibility index (Phi) is 8.96. The topological polar surface area (TPSA) is 99.7 Å². The maximum absolute atomic E-state index is 14.5. The molecule has 2 bridgehead atoms. The molecule has 1 aliphatic heterocycles. The van der Waals surface area contributed by atoms with Gasteiger partial charge in [0.05, 0.1) is 30.6 Å². The zero-order chi connectivity index (χ0) is 29.0. The minimum atomic E-state index is -0.964. The Morgan fingerprint density at radius 1 is 1.17 bits per heavy atom. The average molecular weight is 562 g/mol. The second kappa shape index (κ2) is 12.6. The van der Waals surface area contributed by atoms with Gasteiger partial charge in [-0.05, 0) is 73.3 Å². The summed E-state index contributed by atoms with van der Waals surface area (Å²) in [6.07, 6.45) is 9.35. The lowest BCUT2D eigenvalue weighted by Gasteiger charge is -2.28. The Bertz CT molecular complexity index is 1300. The van der Waals surface area contributed by atoms with Gasteiger partial charge in [-0.15, -0.1) is 12.3 Å². The van der Waals surface area contributed by atoms with Gasteiger partial charge in [-0.1, -0.05) is 31.2 Å². The number of nitrogens with one attached hydrogen (secondary N) is 3. The van der Waals surface area contributed by atoms with E-state index >= 15 is 0 Å². The predicted octanol–water partition coefficient (Wildman–Crippen LogP) is 3.23. The number of benzene rings is 2. The van der Waals surface area contributed by atoms with Gasteiger partial charge in [0.15, 0.2) is 0 Å². The van der Waals surface area contributed by atoms with E-state index in [1.807, 2.05) is 0 Å². The lowest BCUT2D eigenvalue weighted by atomic mass is 9.98. The fourth-order valence-corrected chi connectivity index (χ4v) is 6.09. The van der Waals surface area contributed by atoms with E-state index in [2.05, 4.69) is 53.1 Å². The van der Waals surface area contributed by atoms with Crippen LogP contribution in [-0.4, -0.2) is 48.8 Å². The highest BCUT2D eigenvalue weighted by Crippen LogP contribution is 2.49. The van der Waals surface area contributed by atoms with Crippen LogP contribution in [0.1, 0.15) is 55.7 Å². The molecule has 41 heavy (non-hydrogen) atoms. The van der Waals surface area contributed by atoms with Crippen LogP contribution < -0.4 is 20.7 Å². The van der Waals surface area contributed by atoms with Gasteiger partial charge in [-0.25, -0.2) is 4.39 Å². The number of terminal acetylenes is 1. The molecule has 3 unspecified atom stereocenters. The fourth-order valence-electron chi connectivity index (χ4n) is 6.09. The van der Waals surface area contributed by atoms with E-state index in [1.165, 1.54) is 23.3 Å². The molecule has 0 aromatic heterocycles. The van der Waals surface area contributed by atoms with Gasteiger partial charge in [0.1, 0.15) is 11.6 Å². The molecule has 3 aliphatic rings. The zero-order valence-electron chi connectivity index (χ0n) is 23.6. The fraction of sp³-hybridized carbons (Fsp3) is 0.515. The number of hydrogen-bond acceptors (Lipinski definition) is 5. The predicted molar refractivity (Wildman–Crippen MR) is 154 cm³/mol. The van der Waals surface area contributed by atoms with Gasteiger partial charge >= 0.3 is 0 Å². The molecule has 2 aliphatic carbocycles. The maximum Gasteiger partial charge on any atom is 0.224 e. The van der Waals surface area contributed by atoms with Gasteiger partial charge in [0, 0.05) is 31.1 Å². The number of hydrogen-bond donors (Lipinski definition) is 4. The molecule has 5 rings (SSSR count). The van der Waals surface area contributed by atoms with Crippen molar-refractivity contribution < 1.29 is 23.8 Å². The Morgan fingerprint density at radius 3 is 2.73 bits per heavy atom. The van der Waals surface area contributed by atoms with Crippen molar-refractivity contribution in [2.45, 2.75) is 69.6 Å². The van der Waals surface area contributed by atoms with Crippen LogP contribution in [0.2, 0.25) is 0 Å². The van der Waals surface area contributed by atoms with E-state index in [0.29, 0.717) is 43.7 Å². The van der Waals surface area contributed by atoms with Crippen molar-refractivity contribution in [3.63, 3.8) is 0 Å². The molecular formula is C33H40FN3O4. The minimum Gasteiger partial charge on any atom is -0.493 e. The number of aliphatic hydroxyl groups excluding tert-OH is 1. The summed E-state index contributed by atoms with van der Waals surface area (Å²) in [6, 6.07) is 12.3. The van der Waals surface area contributed by atoms with Crippen molar-refractivity contribution in [2.75, 3.05) is 19.7 Å². The molecule has 2 fully saturated rings. The Morgan fingerprint density at radius 2 is 1.98 bits per heavy atom. The number of aryl methyl sites for hydroxylation is 1. The number of fused-ring (bicyclic) bond motifs is 3. The van der Waals surface area contributed by atoms with E-state index < -0.39 is 29.8 Å². The third-order valence-corrected chi connectivity index (χ3v) is 8.73. The zero-order valence-corrected chi connectivity index (χ0v) is 23.6. The number of ether oxygens (including phenoxy) is 1. The SMILES string of the molecule is C#CCC1C2C(=O)NCCCCOc3cc(F)cc(c3)C[C@@H]([C@H](O)CNC3(c4cccc(CC)c4)CC3)NC(=O)C12. The number of carbonyl (C=O) groups is 2. The van der Waals surface area contributed by atoms with E-state index in [1.54, 1.807) is 6.07 Å². The summed E-state index contributed by atoms with van der Waals surface area (Å²) in [5.74, 6) is 0.784. The van der Waals surface area contributed by atoms with Crippen LogP contribution in [0.4, 0.5) is 4.39 Å². The molecule has 0 spiro atoms. The number of rotatable bonds is 7. The highest BCUT2D eigenvalue weighted by atomic mass is 19.1. The molecule has 1 heterocycles. The first-order chi connectivity index (χ1) is 19.8. The van der Waals surface area contributed by atoms with Crippen LogP contribution in [-0.2, 0) is 28.0 Å². The third-order valence-electron chi connectivity index (χ3n) is 8.73. The Balaban J connectivity index is 1.36. The van der Waals surface area contributed by atoms with Crippen molar-refractivity contribution in [3.05, 3.63) is 65.0 Å². The van der Waals surface area contributed by atoms with Gasteiger partial charge in [-0.2, -0.15) is 0 Å². The lowest BCUT2D eigenvalue weighted by Crippen LogP contribution is -2.50. The van der Waals surface area contributed by atoms with Crippen molar-refractivity contribution in [3.8, 4) is 18.1 Å². The van der Waals surface area contributed by atoms with Gasteiger partial charge in [-0.3, -0.25) is 9.59 Å². The maximum atomic E-state index is 14.5.